The lowest BCUT2D eigenvalue weighted by Gasteiger charge is -2.40. The van der Waals surface area contributed by atoms with E-state index in [4.69, 9.17) is 0 Å². The fraction of sp³-hybridized carbons (Fsp3) is 0.833. The van der Waals surface area contributed by atoms with E-state index in [1.165, 1.54) is 4.90 Å². The van der Waals surface area contributed by atoms with E-state index in [-0.39, 0.29) is 29.8 Å². The van der Waals surface area contributed by atoms with Crippen LogP contribution in [0.5, 0.6) is 0 Å². The molecule has 2 aliphatic heterocycles. The van der Waals surface area contributed by atoms with Gasteiger partial charge in [-0.3, -0.25) is 14.5 Å². The first-order valence-corrected chi connectivity index (χ1v) is 6.18. The molecule has 2 aliphatic rings. The minimum atomic E-state index is 0.0179. The van der Waals surface area contributed by atoms with Crippen molar-refractivity contribution in [2.45, 2.75) is 51.6 Å². The van der Waals surface area contributed by atoms with E-state index in [2.05, 4.69) is 12.2 Å². The monoisotopic (exact) mass is 224 g/mol. The van der Waals surface area contributed by atoms with Crippen molar-refractivity contribution in [3.63, 3.8) is 0 Å². The second-order valence-electron chi connectivity index (χ2n) is 5.12. The van der Waals surface area contributed by atoms with Crippen molar-refractivity contribution in [2.75, 3.05) is 6.54 Å². The van der Waals surface area contributed by atoms with Gasteiger partial charge >= 0.3 is 0 Å². The molecule has 2 rings (SSSR count). The summed E-state index contributed by atoms with van der Waals surface area (Å²) in [5.41, 5.74) is 0. The third-order valence-corrected chi connectivity index (χ3v) is 3.64. The van der Waals surface area contributed by atoms with E-state index in [0.29, 0.717) is 12.8 Å². The van der Waals surface area contributed by atoms with E-state index in [9.17, 15) is 9.59 Å². The Labute approximate surface area is 96.4 Å². The van der Waals surface area contributed by atoms with Crippen LogP contribution < -0.4 is 5.32 Å². The Hall–Kier alpha value is -0.900. The molecule has 0 aromatic carbocycles. The van der Waals surface area contributed by atoms with Crippen LogP contribution in [0.2, 0.25) is 0 Å². The van der Waals surface area contributed by atoms with E-state index in [1.54, 1.807) is 0 Å². The summed E-state index contributed by atoms with van der Waals surface area (Å²) in [5, 5.41) is 3.34. The van der Waals surface area contributed by atoms with Crippen molar-refractivity contribution in [1.82, 2.24) is 10.2 Å². The molecule has 2 saturated heterocycles. The molecule has 90 valence electrons. The summed E-state index contributed by atoms with van der Waals surface area (Å²) < 4.78 is 0. The fourth-order valence-corrected chi connectivity index (χ4v) is 2.75. The third kappa shape index (κ3) is 2.12. The molecule has 2 heterocycles. The predicted molar refractivity (Wildman–Crippen MR) is 60.7 cm³/mol. The number of nitrogens with zero attached hydrogens (tertiary/aromatic N) is 1. The Morgan fingerprint density at radius 3 is 2.38 bits per heavy atom. The maximum absolute atomic E-state index is 11.9. The van der Waals surface area contributed by atoms with Gasteiger partial charge in [0.1, 0.15) is 0 Å². The third-order valence-electron chi connectivity index (χ3n) is 3.64. The van der Waals surface area contributed by atoms with Gasteiger partial charge < -0.3 is 5.32 Å². The SMILES string of the molecule is CC1CC(=O)N(C2CCCNC2C)C(=O)C1. The molecular weight excluding hydrogens is 204 g/mol. The van der Waals surface area contributed by atoms with Gasteiger partial charge in [0.25, 0.3) is 0 Å². The number of rotatable bonds is 1. The number of amides is 2. The summed E-state index contributed by atoms with van der Waals surface area (Å²) >= 11 is 0. The Bertz CT molecular complexity index is 285. The molecule has 2 fully saturated rings. The number of carbonyl (C=O) groups excluding carboxylic acids is 2. The van der Waals surface area contributed by atoms with Crippen molar-refractivity contribution in [1.29, 1.82) is 0 Å². The summed E-state index contributed by atoms with van der Waals surface area (Å²) in [6.07, 6.45) is 3.03. The lowest BCUT2D eigenvalue weighted by atomic mass is 9.91. The highest BCUT2D eigenvalue weighted by Crippen LogP contribution is 2.25. The zero-order valence-electron chi connectivity index (χ0n) is 10.0. The smallest absolute Gasteiger partial charge is 0.229 e. The largest absolute Gasteiger partial charge is 0.312 e. The molecule has 0 radical (unpaired) electrons. The van der Waals surface area contributed by atoms with Gasteiger partial charge in [-0.15, -0.1) is 0 Å². The summed E-state index contributed by atoms with van der Waals surface area (Å²) in [6.45, 7) is 5.02. The summed E-state index contributed by atoms with van der Waals surface area (Å²) in [7, 11) is 0. The first kappa shape index (κ1) is 11.6. The number of imide groups is 1. The van der Waals surface area contributed by atoms with Crippen LogP contribution in [0.15, 0.2) is 0 Å². The molecule has 0 spiro atoms. The van der Waals surface area contributed by atoms with Crippen LogP contribution in [-0.2, 0) is 9.59 Å². The van der Waals surface area contributed by atoms with Crippen LogP contribution >= 0.6 is 0 Å². The van der Waals surface area contributed by atoms with Crippen molar-refractivity contribution >= 4 is 11.8 Å². The van der Waals surface area contributed by atoms with Crippen LogP contribution in [0, 0.1) is 5.92 Å². The zero-order chi connectivity index (χ0) is 11.7. The first-order valence-electron chi connectivity index (χ1n) is 6.18. The molecule has 0 bridgehead atoms. The van der Waals surface area contributed by atoms with Gasteiger partial charge in [0.05, 0.1) is 6.04 Å². The summed E-state index contributed by atoms with van der Waals surface area (Å²) in [5.74, 6) is 0.247. The Kier molecular flexibility index (Phi) is 3.28. The highest BCUT2D eigenvalue weighted by Gasteiger charge is 2.38. The van der Waals surface area contributed by atoms with E-state index in [0.717, 1.165) is 19.4 Å². The quantitative estimate of drug-likeness (QED) is 0.674. The van der Waals surface area contributed by atoms with E-state index >= 15 is 0 Å². The predicted octanol–water partition coefficient (Wildman–Crippen LogP) is 0.912. The van der Waals surface area contributed by atoms with Gasteiger partial charge in [-0.25, -0.2) is 0 Å². The molecule has 0 aromatic rings. The van der Waals surface area contributed by atoms with Gasteiger partial charge in [-0.05, 0) is 32.2 Å². The molecule has 2 amide bonds. The van der Waals surface area contributed by atoms with Crippen LogP contribution in [0.1, 0.15) is 39.5 Å². The summed E-state index contributed by atoms with van der Waals surface area (Å²) in [6, 6.07) is 0.302. The highest BCUT2D eigenvalue weighted by molar-refractivity contribution is 5.98. The molecular formula is C12H20N2O2. The lowest BCUT2D eigenvalue weighted by Crippen LogP contribution is -2.58. The normalized spacial score (nSPS) is 33.2. The minimum absolute atomic E-state index is 0.0179. The van der Waals surface area contributed by atoms with Crippen molar-refractivity contribution in [3.05, 3.63) is 0 Å². The second-order valence-corrected chi connectivity index (χ2v) is 5.12. The van der Waals surface area contributed by atoms with Crippen molar-refractivity contribution in [2.24, 2.45) is 5.92 Å². The van der Waals surface area contributed by atoms with Crippen LogP contribution in [0.4, 0.5) is 0 Å². The number of hydrogen-bond donors (Lipinski definition) is 1. The Balaban J connectivity index is 2.12. The van der Waals surface area contributed by atoms with Crippen LogP contribution in [0.25, 0.3) is 0 Å². The summed E-state index contributed by atoms with van der Waals surface area (Å²) in [4.78, 5) is 25.4. The second kappa shape index (κ2) is 4.53. The number of likely N-dealkylation sites (tertiary alicyclic amines) is 1. The highest BCUT2D eigenvalue weighted by atomic mass is 16.2. The van der Waals surface area contributed by atoms with Crippen LogP contribution in [-0.4, -0.2) is 35.3 Å². The number of carbonyl (C=O) groups is 2. The van der Waals surface area contributed by atoms with Crippen molar-refractivity contribution in [3.8, 4) is 0 Å². The molecule has 2 unspecified atom stereocenters. The topological polar surface area (TPSA) is 49.4 Å². The molecule has 0 saturated carbocycles. The average Bonchev–Trinajstić information content (AvgIpc) is 2.19. The van der Waals surface area contributed by atoms with Gasteiger partial charge in [0.2, 0.25) is 11.8 Å². The van der Waals surface area contributed by atoms with Gasteiger partial charge in [-0.1, -0.05) is 6.92 Å². The molecule has 0 aromatic heterocycles. The maximum Gasteiger partial charge on any atom is 0.229 e. The fourth-order valence-electron chi connectivity index (χ4n) is 2.75. The van der Waals surface area contributed by atoms with Crippen LogP contribution in [0.3, 0.4) is 0 Å². The van der Waals surface area contributed by atoms with Gasteiger partial charge in [0, 0.05) is 18.9 Å². The van der Waals surface area contributed by atoms with Crippen molar-refractivity contribution < 1.29 is 9.59 Å². The maximum atomic E-state index is 11.9. The number of hydrogen-bond acceptors (Lipinski definition) is 3. The standard InChI is InChI=1S/C12H20N2O2/c1-8-6-11(15)14(12(16)7-8)10-4-3-5-13-9(10)2/h8-10,13H,3-7H2,1-2H3. The van der Waals surface area contributed by atoms with Gasteiger partial charge in [0.15, 0.2) is 0 Å². The average molecular weight is 224 g/mol. The Morgan fingerprint density at radius 2 is 1.81 bits per heavy atom. The van der Waals surface area contributed by atoms with Gasteiger partial charge in [-0.2, -0.15) is 0 Å². The zero-order valence-corrected chi connectivity index (χ0v) is 10.0. The number of nitrogens with one attached hydrogen (secondary N) is 1. The molecule has 1 N–H and O–H groups in total. The molecule has 0 aliphatic carbocycles. The molecule has 2 atom stereocenters. The lowest BCUT2D eigenvalue weighted by molar-refractivity contribution is -0.154. The van der Waals surface area contributed by atoms with E-state index < -0.39 is 0 Å². The molecule has 4 nitrogen and oxygen atoms in total. The number of piperidine rings is 2. The Morgan fingerprint density at radius 1 is 1.19 bits per heavy atom. The first-order chi connectivity index (χ1) is 7.59. The molecule has 4 heteroatoms. The van der Waals surface area contributed by atoms with E-state index in [1.807, 2.05) is 6.92 Å². The molecule has 16 heavy (non-hydrogen) atoms. The minimum Gasteiger partial charge on any atom is -0.312 e.